The highest BCUT2D eigenvalue weighted by Crippen LogP contribution is 2.32. The van der Waals surface area contributed by atoms with Gasteiger partial charge in [-0.05, 0) is 34.3 Å². The van der Waals surface area contributed by atoms with E-state index < -0.39 is 0 Å². The molecule has 4 heteroatoms. The first-order valence-electron chi connectivity index (χ1n) is 3.18. The summed E-state index contributed by atoms with van der Waals surface area (Å²) in [6.07, 6.45) is 2.70. The minimum atomic E-state index is 0.481. The Morgan fingerprint density at radius 2 is 2.25 bits per heavy atom. The van der Waals surface area contributed by atoms with Gasteiger partial charge >= 0.3 is 0 Å². The molecule has 1 aromatic rings. The van der Waals surface area contributed by atoms with Gasteiger partial charge in [0.05, 0.1) is 5.02 Å². The molecule has 0 radical (unpaired) electrons. The molecule has 0 heterocycles. The van der Waals surface area contributed by atoms with Crippen molar-refractivity contribution in [1.82, 2.24) is 0 Å². The Morgan fingerprint density at radius 3 is 2.75 bits per heavy atom. The van der Waals surface area contributed by atoms with E-state index in [4.69, 9.17) is 11.6 Å². The second-order valence-corrected chi connectivity index (χ2v) is 4.14. The third kappa shape index (κ3) is 1.84. The SMILES string of the molecule is CSc1ccc(Cl)c(C=O)c1Br. The lowest BCUT2D eigenvalue weighted by Gasteiger charge is -2.04. The molecular weight excluding hydrogens is 260 g/mol. The molecule has 1 aromatic carbocycles. The minimum absolute atomic E-state index is 0.481. The number of hydrogen-bond acceptors (Lipinski definition) is 2. The van der Waals surface area contributed by atoms with Crippen molar-refractivity contribution in [3.63, 3.8) is 0 Å². The Bertz CT molecular complexity index is 314. The molecule has 0 aliphatic carbocycles. The number of aldehydes is 1. The first-order valence-corrected chi connectivity index (χ1v) is 5.57. The van der Waals surface area contributed by atoms with Gasteiger partial charge in [-0.3, -0.25) is 4.79 Å². The highest BCUT2D eigenvalue weighted by molar-refractivity contribution is 9.10. The van der Waals surface area contributed by atoms with Crippen molar-refractivity contribution in [2.75, 3.05) is 6.26 Å². The summed E-state index contributed by atoms with van der Waals surface area (Å²) in [5.74, 6) is 0. The zero-order valence-corrected chi connectivity index (χ0v) is 9.46. The van der Waals surface area contributed by atoms with Crippen LogP contribution in [-0.2, 0) is 0 Å². The molecule has 0 atom stereocenters. The van der Waals surface area contributed by atoms with Crippen LogP contribution in [0.2, 0.25) is 5.02 Å². The van der Waals surface area contributed by atoms with Gasteiger partial charge in [0.2, 0.25) is 0 Å². The predicted molar refractivity (Wildman–Crippen MR) is 56.3 cm³/mol. The second-order valence-electron chi connectivity index (χ2n) is 2.10. The molecule has 0 bridgehead atoms. The van der Waals surface area contributed by atoms with Crippen molar-refractivity contribution < 1.29 is 4.79 Å². The Labute approximate surface area is 88.6 Å². The maximum Gasteiger partial charge on any atom is 0.152 e. The minimum Gasteiger partial charge on any atom is -0.298 e. The molecule has 0 fully saturated rings. The van der Waals surface area contributed by atoms with Gasteiger partial charge in [-0.1, -0.05) is 11.6 Å². The second kappa shape index (κ2) is 4.30. The van der Waals surface area contributed by atoms with Gasteiger partial charge in [-0.25, -0.2) is 0 Å². The van der Waals surface area contributed by atoms with E-state index in [1.807, 2.05) is 12.3 Å². The molecule has 0 amide bonds. The monoisotopic (exact) mass is 264 g/mol. The molecule has 64 valence electrons. The van der Waals surface area contributed by atoms with E-state index in [-0.39, 0.29) is 0 Å². The molecule has 0 aromatic heterocycles. The van der Waals surface area contributed by atoms with E-state index >= 15 is 0 Å². The van der Waals surface area contributed by atoms with E-state index in [0.717, 1.165) is 15.7 Å². The third-order valence-corrected chi connectivity index (χ3v) is 3.66. The van der Waals surface area contributed by atoms with Crippen LogP contribution in [0.25, 0.3) is 0 Å². The summed E-state index contributed by atoms with van der Waals surface area (Å²) < 4.78 is 0.775. The molecule has 0 saturated heterocycles. The summed E-state index contributed by atoms with van der Waals surface area (Å²) in [6, 6.07) is 3.60. The average molecular weight is 266 g/mol. The number of carbonyl (C=O) groups is 1. The number of carbonyl (C=O) groups excluding carboxylic acids is 1. The van der Waals surface area contributed by atoms with Gasteiger partial charge in [0.15, 0.2) is 6.29 Å². The van der Waals surface area contributed by atoms with Crippen LogP contribution in [0, 0.1) is 0 Å². The van der Waals surface area contributed by atoms with Gasteiger partial charge < -0.3 is 0 Å². The molecule has 0 saturated carbocycles. The summed E-state index contributed by atoms with van der Waals surface area (Å²) in [4.78, 5) is 11.6. The van der Waals surface area contributed by atoms with Gasteiger partial charge in [0, 0.05) is 14.9 Å². The van der Waals surface area contributed by atoms with Gasteiger partial charge in [-0.15, -0.1) is 11.8 Å². The summed E-state index contributed by atoms with van der Waals surface area (Å²) in [6.45, 7) is 0. The third-order valence-electron chi connectivity index (χ3n) is 1.43. The molecule has 0 unspecified atom stereocenters. The summed E-state index contributed by atoms with van der Waals surface area (Å²) in [7, 11) is 0. The molecule has 0 N–H and O–H groups in total. The smallest absolute Gasteiger partial charge is 0.152 e. The van der Waals surface area contributed by atoms with E-state index in [1.165, 1.54) is 0 Å². The van der Waals surface area contributed by atoms with E-state index in [9.17, 15) is 4.79 Å². The van der Waals surface area contributed by atoms with Crippen LogP contribution in [0.15, 0.2) is 21.5 Å². The largest absolute Gasteiger partial charge is 0.298 e. The van der Waals surface area contributed by atoms with E-state index in [1.54, 1.807) is 17.8 Å². The highest BCUT2D eigenvalue weighted by atomic mass is 79.9. The summed E-state index contributed by atoms with van der Waals surface area (Å²) >= 11 is 10.7. The molecule has 12 heavy (non-hydrogen) atoms. The molecule has 0 spiro atoms. The summed E-state index contributed by atoms with van der Waals surface area (Å²) in [5.41, 5.74) is 0.517. The topological polar surface area (TPSA) is 17.1 Å². The number of rotatable bonds is 2. The number of hydrogen-bond donors (Lipinski definition) is 0. The fourth-order valence-corrected chi connectivity index (χ4v) is 2.55. The lowest BCUT2D eigenvalue weighted by Crippen LogP contribution is -1.86. The Hall–Kier alpha value is 0.01000. The van der Waals surface area contributed by atoms with Gasteiger partial charge in [-0.2, -0.15) is 0 Å². The average Bonchev–Trinajstić information content (AvgIpc) is 2.06. The van der Waals surface area contributed by atoms with Crippen molar-refractivity contribution in [3.8, 4) is 0 Å². The zero-order valence-electron chi connectivity index (χ0n) is 6.30. The van der Waals surface area contributed by atoms with Gasteiger partial charge in [0.25, 0.3) is 0 Å². The molecule has 1 rings (SSSR count). The maximum absolute atomic E-state index is 10.6. The normalized spacial score (nSPS) is 9.92. The van der Waals surface area contributed by atoms with Crippen LogP contribution in [-0.4, -0.2) is 12.5 Å². The van der Waals surface area contributed by atoms with Crippen LogP contribution >= 0.6 is 39.3 Å². The van der Waals surface area contributed by atoms with E-state index in [2.05, 4.69) is 15.9 Å². The Morgan fingerprint density at radius 1 is 1.58 bits per heavy atom. The quantitative estimate of drug-likeness (QED) is 0.600. The van der Waals surface area contributed by atoms with Crippen LogP contribution in [0.5, 0.6) is 0 Å². The van der Waals surface area contributed by atoms with Crippen LogP contribution in [0.1, 0.15) is 10.4 Å². The fraction of sp³-hybridized carbons (Fsp3) is 0.125. The van der Waals surface area contributed by atoms with Crippen LogP contribution in [0.3, 0.4) is 0 Å². The first-order chi connectivity index (χ1) is 5.70. The zero-order chi connectivity index (χ0) is 9.14. The first kappa shape index (κ1) is 10.1. The Kier molecular flexibility index (Phi) is 3.62. The molecular formula is C8H6BrClOS. The van der Waals surface area contributed by atoms with Gasteiger partial charge in [0.1, 0.15) is 0 Å². The number of benzene rings is 1. The Balaban J connectivity index is 3.33. The summed E-state index contributed by atoms with van der Waals surface area (Å²) in [5, 5.41) is 0.481. The maximum atomic E-state index is 10.6. The van der Waals surface area contributed by atoms with Crippen LogP contribution < -0.4 is 0 Å². The van der Waals surface area contributed by atoms with Crippen molar-refractivity contribution in [1.29, 1.82) is 0 Å². The lowest BCUT2D eigenvalue weighted by atomic mass is 10.2. The van der Waals surface area contributed by atoms with Crippen molar-refractivity contribution >= 4 is 45.6 Å². The molecule has 1 nitrogen and oxygen atoms in total. The highest BCUT2D eigenvalue weighted by Gasteiger charge is 2.07. The van der Waals surface area contributed by atoms with E-state index in [0.29, 0.717) is 10.6 Å². The fourth-order valence-electron chi connectivity index (χ4n) is 0.815. The van der Waals surface area contributed by atoms with Crippen molar-refractivity contribution in [2.24, 2.45) is 0 Å². The molecule has 0 aliphatic heterocycles. The van der Waals surface area contributed by atoms with Crippen molar-refractivity contribution in [2.45, 2.75) is 4.90 Å². The predicted octanol–water partition coefficient (Wildman–Crippen LogP) is 3.64. The standard InChI is InChI=1S/C8H6BrClOS/c1-12-7-3-2-6(10)5(4-11)8(7)9/h2-4H,1H3. The van der Waals surface area contributed by atoms with Crippen molar-refractivity contribution in [3.05, 3.63) is 27.2 Å². The lowest BCUT2D eigenvalue weighted by molar-refractivity contribution is 0.112. The van der Waals surface area contributed by atoms with Crippen LogP contribution in [0.4, 0.5) is 0 Å². The number of thioether (sulfide) groups is 1. The molecule has 0 aliphatic rings. The number of halogens is 2.